The van der Waals surface area contributed by atoms with Gasteiger partial charge < -0.3 is 28.8 Å². The van der Waals surface area contributed by atoms with Crippen molar-refractivity contribution in [3.8, 4) is 0 Å². The Hall–Kier alpha value is -4.35. The molecule has 2 aromatic carbocycles. The first-order valence-corrected chi connectivity index (χ1v) is 17.2. The summed E-state index contributed by atoms with van der Waals surface area (Å²) in [5.41, 5.74) is -2.04. The number of esters is 4. The van der Waals surface area contributed by atoms with Gasteiger partial charge in [0.05, 0.1) is 23.1 Å². The van der Waals surface area contributed by atoms with Crippen LogP contribution in [0.2, 0.25) is 0 Å². The maximum atomic E-state index is 13.8. The van der Waals surface area contributed by atoms with Crippen LogP contribution >= 0.6 is 0 Å². The van der Waals surface area contributed by atoms with Gasteiger partial charge in [-0.2, -0.15) is 0 Å². The van der Waals surface area contributed by atoms with Crippen molar-refractivity contribution in [3.05, 3.63) is 83.9 Å². The zero-order valence-electron chi connectivity index (χ0n) is 28.4. The fourth-order valence-corrected chi connectivity index (χ4v) is 12.3. The van der Waals surface area contributed by atoms with Crippen LogP contribution in [0, 0.1) is 39.9 Å². The van der Waals surface area contributed by atoms with E-state index in [1.165, 1.54) is 13.8 Å². The quantitative estimate of drug-likeness (QED) is 0.198. The van der Waals surface area contributed by atoms with Crippen molar-refractivity contribution in [2.45, 2.75) is 76.2 Å². The van der Waals surface area contributed by atoms with Crippen LogP contribution in [0.5, 0.6) is 0 Å². The molecule has 0 radical (unpaired) electrons. The molecule has 8 fully saturated rings. The molecule has 14 atom stereocenters. The fourth-order valence-electron chi connectivity index (χ4n) is 12.3. The molecule has 0 amide bonds. The average molecular weight is 684 g/mol. The number of carbonyl (C=O) groups is 5. The van der Waals surface area contributed by atoms with Crippen molar-refractivity contribution < 1.29 is 48.0 Å². The van der Waals surface area contributed by atoms with E-state index < -0.39 is 106 Å². The number of ether oxygens (including phenoxy) is 4. The van der Waals surface area contributed by atoms with E-state index in [1.807, 2.05) is 7.05 Å². The highest BCUT2D eigenvalue weighted by Crippen LogP contribution is 2.85. The number of rotatable bonds is 7. The molecule has 8 aliphatic rings. The number of piperidine rings is 1. The van der Waals surface area contributed by atoms with E-state index >= 15 is 0 Å². The Morgan fingerprint density at radius 2 is 1.44 bits per heavy atom. The fraction of sp³-hybridized carbons (Fsp3) is 0.513. The van der Waals surface area contributed by atoms with E-state index in [2.05, 4.69) is 11.5 Å². The molecule has 11 nitrogen and oxygen atoms in total. The molecule has 11 heteroatoms. The number of hydrogen-bond donors (Lipinski definition) is 1. The third kappa shape index (κ3) is 4.01. The second kappa shape index (κ2) is 11.1. The highest BCUT2D eigenvalue weighted by atomic mass is 16.6. The topological polar surface area (TPSA) is 146 Å². The van der Waals surface area contributed by atoms with Crippen LogP contribution in [0.3, 0.4) is 0 Å². The van der Waals surface area contributed by atoms with Gasteiger partial charge in [-0.05, 0) is 37.7 Å². The molecule has 7 bridgehead atoms. The van der Waals surface area contributed by atoms with Crippen molar-refractivity contribution in [3.63, 3.8) is 0 Å². The molecule has 2 heterocycles. The van der Waals surface area contributed by atoms with Crippen LogP contribution in [0.15, 0.2) is 72.8 Å². The van der Waals surface area contributed by atoms with Gasteiger partial charge in [0, 0.05) is 66.4 Å². The third-order valence-corrected chi connectivity index (χ3v) is 13.2. The molecule has 10 rings (SSSR count). The zero-order valence-corrected chi connectivity index (χ0v) is 28.4. The molecule has 2 saturated heterocycles. The molecule has 262 valence electrons. The highest BCUT2D eigenvalue weighted by molar-refractivity contribution is 5.90. The van der Waals surface area contributed by atoms with Crippen molar-refractivity contribution in [2.75, 3.05) is 7.05 Å². The second-order valence-electron chi connectivity index (χ2n) is 15.5. The summed E-state index contributed by atoms with van der Waals surface area (Å²) in [7, 11) is 1.88. The van der Waals surface area contributed by atoms with E-state index in [0.717, 1.165) is 6.29 Å². The Morgan fingerprint density at radius 3 is 2.00 bits per heavy atom. The van der Waals surface area contributed by atoms with Crippen molar-refractivity contribution in [1.82, 2.24) is 4.90 Å². The van der Waals surface area contributed by atoms with Gasteiger partial charge >= 0.3 is 23.9 Å². The number of carbonyl (C=O) groups excluding carboxylic acids is 5. The molecular formula is C39H41NO10. The lowest BCUT2D eigenvalue weighted by Gasteiger charge is -2.69. The third-order valence-electron chi connectivity index (χ3n) is 13.2. The summed E-state index contributed by atoms with van der Waals surface area (Å²) >= 11 is 0. The van der Waals surface area contributed by atoms with Gasteiger partial charge in [0.15, 0.2) is 0 Å². The maximum Gasteiger partial charge on any atom is 0.338 e. The summed E-state index contributed by atoms with van der Waals surface area (Å²) in [6.45, 7) is 8.80. The highest BCUT2D eigenvalue weighted by Gasteiger charge is 2.93. The number of aldehydes is 1. The van der Waals surface area contributed by atoms with Crippen molar-refractivity contribution >= 4 is 30.2 Å². The monoisotopic (exact) mass is 683 g/mol. The summed E-state index contributed by atoms with van der Waals surface area (Å²) < 4.78 is 25.3. The van der Waals surface area contributed by atoms with E-state index in [-0.39, 0.29) is 6.42 Å². The number of fused-ring (bicyclic) bond motifs is 1. The second-order valence-corrected chi connectivity index (χ2v) is 15.5. The van der Waals surface area contributed by atoms with Gasteiger partial charge in [-0.15, -0.1) is 0 Å². The Labute approximate surface area is 289 Å². The Kier molecular flexibility index (Phi) is 7.27. The van der Waals surface area contributed by atoms with E-state index in [1.54, 1.807) is 67.6 Å². The van der Waals surface area contributed by atoms with E-state index in [9.17, 15) is 29.1 Å². The Bertz CT molecular complexity index is 1800. The first kappa shape index (κ1) is 32.8. The Balaban J connectivity index is 1.35. The first-order valence-electron chi connectivity index (χ1n) is 17.2. The minimum absolute atomic E-state index is 0.0361. The Morgan fingerprint density at radius 1 is 0.860 bits per heavy atom. The molecule has 6 saturated carbocycles. The molecule has 50 heavy (non-hydrogen) atoms. The standard InChI is InChI=1S/C39H41NO10/c1-19-16-38-26-28(50-36(46)23-14-10-7-11-15-23)25(19)29(47-20(2)42)31(38)39-30(27(33(38)44)40(5)32(26)39)37(4,18-41)17-24(34(39)48-21(3)43)49-35(45)22-12-8-6-9-13-22/h6-15,18,24-34,44H,1,16-17H2,2-5H3/t24-,25-,26+,27+,28-,29+,30+,31+,32+,33+,34+,37-,38-,39+/m0/s1. The minimum Gasteiger partial charge on any atom is -0.461 e. The van der Waals surface area contributed by atoms with Crippen LogP contribution in [-0.2, 0) is 33.3 Å². The molecular weight excluding hydrogens is 642 g/mol. The number of likely N-dealkylation sites (N-methyl/N-ethyl adjacent to an activating group) is 1. The van der Waals surface area contributed by atoms with Crippen LogP contribution in [0.25, 0.3) is 0 Å². The molecule has 0 aromatic heterocycles. The molecule has 2 spiro atoms. The zero-order chi connectivity index (χ0) is 35.5. The number of hydrogen-bond acceptors (Lipinski definition) is 11. The molecule has 2 aliphatic heterocycles. The largest absolute Gasteiger partial charge is 0.461 e. The summed E-state index contributed by atoms with van der Waals surface area (Å²) in [6, 6.07) is 15.9. The minimum atomic E-state index is -1.17. The van der Waals surface area contributed by atoms with Gasteiger partial charge in [0.2, 0.25) is 0 Å². The van der Waals surface area contributed by atoms with E-state index in [0.29, 0.717) is 23.1 Å². The summed E-state index contributed by atoms with van der Waals surface area (Å²) in [5, 5.41) is 12.7. The summed E-state index contributed by atoms with van der Waals surface area (Å²) in [6.07, 6.45) is -3.76. The predicted octanol–water partition coefficient (Wildman–Crippen LogP) is 3.39. The number of aliphatic hydroxyl groups is 1. The van der Waals surface area contributed by atoms with Gasteiger partial charge in [0.25, 0.3) is 0 Å². The normalized spacial score (nSPS) is 43.1. The van der Waals surface area contributed by atoms with Gasteiger partial charge in [-0.1, -0.05) is 55.5 Å². The summed E-state index contributed by atoms with van der Waals surface area (Å²) in [5.74, 6) is -4.83. The lowest BCUT2D eigenvalue weighted by molar-refractivity contribution is -0.286. The predicted molar refractivity (Wildman–Crippen MR) is 175 cm³/mol. The molecule has 1 N–H and O–H groups in total. The van der Waals surface area contributed by atoms with Crippen LogP contribution in [0.1, 0.15) is 54.3 Å². The number of benzene rings is 2. The van der Waals surface area contributed by atoms with Gasteiger partial charge in [0.1, 0.15) is 30.7 Å². The summed E-state index contributed by atoms with van der Waals surface area (Å²) in [4.78, 5) is 69.1. The smallest absolute Gasteiger partial charge is 0.338 e. The first-order chi connectivity index (χ1) is 23.8. The number of aliphatic hydroxyl groups excluding tert-OH is 1. The SMILES string of the molecule is C=C1C[C@]23[C@@H]4[C@@H](OC(=O)c5ccccc5)[C@H]1[C@@H](OC(C)=O)[C@H]2[C@]12[C@H](OC(C)=O)[C@@H](OC(=O)c5ccccc5)C[C@@](C)(C=O)[C@H]1[C@H]([C@H]3O)N(C)[C@H]42. The van der Waals surface area contributed by atoms with E-state index in [4.69, 9.17) is 18.9 Å². The maximum absolute atomic E-state index is 13.8. The van der Waals surface area contributed by atoms with Crippen molar-refractivity contribution in [2.24, 2.45) is 39.9 Å². The van der Waals surface area contributed by atoms with Gasteiger partial charge in [-0.25, -0.2) is 9.59 Å². The van der Waals surface area contributed by atoms with Crippen LogP contribution in [0.4, 0.5) is 0 Å². The van der Waals surface area contributed by atoms with Crippen LogP contribution in [-0.4, -0.2) is 89.8 Å². The lowest BCUT2D eigenvalue weighted by Crippen LogP contribution is -2.77. The number of nitrogens with zero attached hydrogens (tertiary/aromatic N) is 1. The van der Waals surface area contributed by atoms with Gasteiger partial charge in [-0.3, -0.25) is 14.5 Å². The molecule has 6 aliphatic carbocycles. The average Bonchev–Trinajstić information content (AvgIpc) is 3.41. The molecule has 2 aromatic rings. The molecule has 0 unspecified atom stereocenters. The van der Waals surface area contributed by atoms with Crippen molar-refractivity contribution in [1.29, 1.82) is 0 Å². The lowest BCUT2D eigenvalue weighted by atomic mass is 9.37. The van der Waals surface area contributed by atoms with Crippen LogP contribution < -0.4 is 0 Å².